The van der Waals surface area contributed by atoms with E-state index < -0.39 is 17.1 Å². The van der Waals surface area contributed by atoms with Crippen molar-refractivity contribution in [2.75, 3.05) is 18.5 Å². The van der Waals surface area contributed by atoms with Crippen LogP contribution in [0.4, 0.5) is 10.5 Å². The van der Waals surface area contributed by atoms with Crippen molar-refractivity contribution < 1.29 is 23.9 Å². The number of aryl methyl sites for hydroxylation is 1. The average molecular weight is 503 g/mol. The van der Waals surface area contributed by atoms with E-state index in [1.54, 1.807) is 36.4 Å². The first-order valence-corrected chi connectivity index (χ1v) is 12.3. The molecular formula is C28H26N2O5S. The van der Waals surface area contributed by atoms with Crippen LogP contribution in [0.5, 0.6) is 11.5 Å². The number of anilines is 1. The summed E-state index contributed by atoms with van der Waals surface area (Å²) in [6.45, 7) is 4.30. The third-order valence-corrected chi connectivity index (χ3v) is 6.22. The fourth-order valence-electron chi connectivity index (χ4n) is 3.51. The molecule has 0 atom stereocenters. The monoisotopic (exact) mass is 502 g/mol. The minimum atomic E-state index is -0.508. The number of ether oxygens (including phenoxy) is 2. The summed E-state index contributed by atoms with van der Waals surface area (Å²) in [5.41, 5.74) is 3.38. The highest BCUT2D eigenvalue weighted by molar-refractivity contribution is 8.18. The summed E-state index contributed by atoms with van der Waals surface area (Å²) in [5, 5.41) is 2.22. The number of hydrogen-bond donors (Lipinski definition) is 1. The van der Waals surface area contributed by atoms with Crippen LogP contribution in [0.25, 0.3) is 6.08 Å². The van der Waals surface area contributed by atoms with Crippen molar-refractivity contribution in [3.63, 3.8) is 0 Å². The second-order valence-corrected chi connectivity index (χ2v) is 9.09. The lowest BCUT2D eigenvalue weighted by Gasteiger charge is -2.13. The van der Waals surface area contributed by atoms with E-state index in [1.807, 2.05) is 56.3 Å². The van der Waals surface area contributed by atoms with Gasteiger partial charge >= 0.3 is 0 Å². The lowest BCUT2D eigenvalue weighted by Crippen LogP contribution is -2.36. The number of nitrogens with zero attached hydrogens (tertiary/aromatic N) is 1. The molecule has 1 saturated heterocycles. The number of hydrogen-bond acceptors (Lipinski definition) is 6. The summed E-state index contributed by atoms with van der Waals surface area (Å²) in [7, 11) is 0. The second-order valence-electron chi connectivity index (χ2n) is 8.10. The molecule has 3 amide bonds. The summed E-state index contributed by atoms with van der Waals surface area (Å²) in [5.74, 6) is 0.171. The first-order valence-electron chi connectivity index (χ1n) is 11.5. The molecule has 0 aromatic heterocycles. The highest BCUT2D eigenvalue weighted by atomic mass is 32.2. The maximum Gasteiger partial charge on any atom is 0.294 e. The average Bonchev–Trinajstić information content (AvgIpc) is 3.13. The molecule has 1 aliphatic heterocycles. The summed E-state index contributed by atoms with van der Waals surface area (Å²) < 4.78 is 11.7. The van der Waals surface area contributed by atoms with Gasteiger partial charge in [0.2, 0.25) is 5.91 Å². The van der Waals surface area contributed by atoms with Gasteiger partial charge in [0.1, 0.15) is 13.2 Å². The molecular weight excluding hydrogens is 476 g/mol. The van der Waals surface area contributed by atoms with Gasteiger partial charge in [0.15, 0.2) is 11.5 Å². The molecule has 0 aliphatic carbocycles. The minimum absolute atomic E-state index is 0.239. The molecule has 0 spiro atoms. The van der Waals surface area contributed by atoms with Crippen molar-refractivity contribution in [1.82, 2.24) is 4.90 Å². The maximum atomic E-state index is 12.9. The summed E-state index contributed by atoms with van der Waals surface area (Å²) >= 11 is 0.804. The summed E-state index contributed by atoms with van der Waals surface area (Å²) in [6, 6.07) is 22.4. The van der Waals surface area contributed by atoms with Crippen molar-refractivity contribution in [3.05, 3.63) is 94.4 Å². The van der Waals surface area contributed by atoms with Crippen molar-refractivity contribution >= 4 is 40.6 Å². The number of imide groups is 1. The van der Waals surface area contributed by atoms with E-state index in [1.165, 1.54) is 0 Å². The third-order valence-electron chi connectivity index (χ3n) is 5.31. The van der Waals surface area contributed by atoms with E-state index in [4.69, 9.17) is 9.47 Å². The maximum absolute atomic E-state index is 12.9. The SMILES string of the molecule is CCOc1cc(/C=C2/SC(=O)N(CC(=O)Nc3ccc(C)cc3)C2=O)ccc1OCc1ccccc1. The zero-order valence-electron chi connectivity index (χ0n) is 20.0. The molecule has 0 radical (unpaired) electrons. The van der Waals surface area contributed by atoms with E-state index in [-0.39, 0.29) is 11.4 Å². The van der Waals surface area contributed by atoms with E-state index >= 15 is 0 Å². The van der Waals surface area contributed by atoms with Gasteiger partial charge in [0.05, 0.1) is 11.5 Å². The zero-order valence-corrected chi connectivity index (χ0v) is 20.8. The number of rotatable bonds is 9. The molecule has 0 bridgehead atoms. The van der Waals surface area contributed by atoms with Gasteiger partial charge in [0.25, 0.3) is 11.1 Å². The van der Waals surface area contributed by atoms with E-state index in [0.717, 1.165) is 27.8 Å². The van der Waals surface area contributed by atoms with Crippen LogP contribution in [0, 0.1) is 6.92 Å². The Morgan fingerprint density at radius 2 is 1.72 bits per heavy atom. The highest BCUT2D eigenvalue weighted by Gasteiger charge is 2.36. The van der Waals surface area contributed by atoms with Gasteiger partial charge < -0.3 is 14.8 Å². The largest absolute Gasteiger partial charge is 0.490 e. The minimum Gasteiger partial charge on any atom is -0.490 e. The molecule has 184 valence electrons. The number of carbonyl (C=O) groups excluding carboxylic acids is 3. The fraction of sp³-hybridized carbons (Fsp3) is 0.179. The number of nitrogens with one attached hydrogen (secondary N) is 1. The number of thioether (sulfide) groups is 1. The quantitative estimate of drug-likeness (QED) is 0.381. The van der Waals surface area contributed by atoms with Gasteiger partial charge in [-0.1, -0.05) is 54.1 Å². The third kappa shape index (κ3) is 6.34. The Morgan fingerprint density at radius 1 is 0.972 bits per heavy atom. The van der Waals surface area contributed by atoms with E-state index in [0.29, 0.717) is 36.0 Å². The Labute approximate surface area is 214 Å². The molecule has 3 aromatic rings. The molecule has 1 heterocycles. The van der Waals surface area contributed by atoms with Crippen molar-refractivity contribution in [3.8, 4) is 11.5 Å². The van der Waals surface area contributed by atoms with Crippen LogP contribution in [0.15, 0.2) is 77.7 Å². The van der Waals surface area contributed by atoms with Crippen molar-refractivity contribution in [1.29, 1.82) is 0 Å². The Kier molecular flexibility index (Phi) is 8.07. The van der Waals surface area contributed by atoms with Gasteiger partial charge in [0, 0.05) is 5.69 Å². The van der Waals surface area contributed by atoms with Crippen LogP contribution < -0.4 is 14.8 Å². The van der Waals surface area contributed by atoms with Crippen LogP contribution in [0.2, 0.25) is 0 Å². The smallest absolute Gasteiger partial charge is 0.294 e. The van der Waals surface area contributed by atoms with Crippen LogP contribution in [0.1, 0.15) is 23.6 Å². The zero-order chi connectivity index (χ0) is 25.5. The van der Waals surface area contributed by atoms with Gasteiger partial charge in [-0.2, -0.15) is 0 Å². The number of carbonyl (C=O) groups is 3. The lowest BCUT2D eigenvalue weighted by molar-refractivity contribution is -0.127. The van der Waals surface area contributed by atoms with Crippen LogP contribution in [-0.4, -0.2) is 35.1 Å². The van der Waals surface area contributed by atoms with Gasteiger partial charge in [-0.15, -0.1) is 0 Å². The molecule has 1 N–H and O–H groups in total. The Morgan fingerprint density at radius 3 is 2.44 bits per heavy atom. The number of benzene rings is 3. The lowest BCUT2D eigenvalue weighted by atomic mass is 10.1. The van der Waals surface area contributed by atoms with Crippen molar-refractivity contribution in [2.24, 2.45) is 0 Å². The van der Waals surface area contributed by atoms with Crippen LogP contribution >= 0.6 is 11.8 Å². The molecule has 36 heavy (non-hydrogen) atoms. The normalized spacial score (nSPS) is 14.3. The fourth-order valence-corrected chi connectivity index (χ4v) is 4.34. The Balaban J connectivity index is 1.44. The van der Waals surface area contributed by atoms with Gasteiger partial charge in [-0.05, 0) is 67.1 Å². The second kappa shape index (κ2) is 11.6. The molecule has 7 nitrogen and oxygen atoms in total. The van der Waals surface area contributed by atoms with E-state index in [2.05, 4.69) is 5.32 Å². The number of amides is 3. The van der Waals surface area contributed by atoms with Crippen LogP contribution in [-0.2, 0) is 16.2 Å². The standard InChI is InChI=1S/C28H26N2O5S/c1-3-34-24-15-21(11-14-23(24)35-18-20-7-5-4-6-8-20)16-25-27(32)30(28(33)36-25)17-26(31)29-22-12-9-19(2)10-13-22/h4-16H,3,17-18H2,1-2H3,(H,29,31)/b25-16+. The Hall–Kier alpha value is -4.04. The molecule has 8 heteroatoms. The Bertz CT molecular complexity index is 1290. The van der Waals surface area contributed by atoms with Gasteiger partial charge in [-0.25, -0.2) is 0 Å². The molecule has 1 aliphatic rings. The molecule has 0 saturated carbocycles. The van der Waals surface area contributed by atoms with Gasteiger partial charge in [-0.3, -0.25) is 19.3 Å². The first kappa shape index (κ1) is 25.1. The molecule has 1 fully saturated rings. The topological polar surface area (TPSA) is 84.9 Å². The van der Waals surface area contributed by atoms with Crippen molar-refractivity contribution in [2.45, 2.75) is 20.5 Å². The first-order chi connectivity index (χ1) is 17.4. The molecule has 3 aromatic carbocycles. The van der Waals surface area contributed by atoms with E-state index in [9.17, 15) is 14.4 Å². The predicted molar refractivity (Wildman–Crippen MR) is 141 cm³/mol. The highest BCUT2D eigenvalue weighted by Crippen LogP contribution is 2.35. The molecule has 4 rings (SSSR count). The summed E-state index contributed by atoms with van der Waals surface area (Å²) in [4.78, 5) is 38.9. The summed E-state index contributed by atoms with van der Waals surface area (Å²) in [6.07, 6.45) is 1.62. The van der Waals surface area contributed by atoms with Crippen LogP contribution in [0.3, 0.4) is 0 Å². The molecule has 0 unspecified atom stereocenters. The predicted octanol–water partition coefficient (Wildman–Crippen LogP) is 5.65.